The van der Waals surface area contributed by atoms with Crippen molar-refractivity contribution in [3.63, 3.8) is 0 Å². The first-order valence-electron chi connectivity index (χ1n) is 9.41. The molecule has 3 nitrogen and oxygen atoms in total. The third-order valence-corrected chi connectivity index (χ3v) is 5.29. The molecule has 0 saturated carbocycles. The third-order valence-electron chi connectivity index (χ3n) is 5.29. The second-order valence-electron chi connectivity index (χ2n) is 7.24. The maximum absolute atomic E-state index is 14.2. The molecule has 2 amide bonds. The van der Waals surface area contributed by atoms with Gasteiger partial charge < -0.3 is 10.2 Å². The Morgan fingerprint density at radius 1 is 1.03 bits per heavy atom. The van der Waals surface area contributed by atoms with Crippen molar-refractivity contribution in [2.24, 2.45) is 0 Å². The Labute approximate surface area is 169 Å². The quantitative estimate of drug-likeness (QED) is 0.536. The van der Waals surface area contributed by atoms with Crippen molar-refractivity contribution in [3.8, 4) is 0 Å². The summed E-state index contributed by atoms with van der Waals surface area (Å²) in [6.07, 6.45) is -4.80. The lowest BCUT2D eigenvalue weighted by atomic mass is 9.75. The zero-order chi connectivity index (χ0) is 22.2. The summed E-state index contributed by atoms with van der Waals surface area (Å²) >= 11 is 0. The minimum atomic E-state index is -5.84. The second-order valence-corrected chi connectivity index (χ2v) is 7.24. The number of nitrogens with one attached hydrogen (secondary N) is 1. The van der Waals surface area contributed by atoms with Gasteiger partial charge in [0.05, 0.1) is 12.1 Å². The van der Waals surface area contributed by atoms with Crippen LogP contribution in [0.3, 0.4) is 0 Å². The Kier molecular flexibility index (Phi) is 5.75. The van der Waals surface area contributed by atoms with E-state index in [0.717, 1.165) is 12.1 Å². The van der Waals surface area contributed by atoms with Gasteiger partial charge in [-0.2, -0.15) is 22.0 Å². The number of benzene rings is 2. The molecule has 0 spiro atoms. The number of unbranched alkanes of at least 4 members (excludes halogenated alkanes) is 1. The maximum atomic E-state index is 14.2. The highest BCUT2D eigenvalue weighted by Crippen LogP contribution is 2.49. The first-order valence-corrected chi connectivity index (χ1v) is 9.41. The first kappa shape index (κ1) is 22.0. The molecule has 1 N–H and O–H groups in total. The van der Waals surface area contributed by atoms with Gasteiger partial charge in [0.1, 0.15) is 5.82 Å². The SMILES string of the molecule is CCCCC1(c2ccccc2)c2cc(F)ccc2NC(=O)N1CC(F)(F)C(F)(F)F. The van der Waals surface area contributed by atoms with Gasteiger partial charge in [-0.1, -0.05) is 50.1 Å². The number of rotatable bonds is 6. The predicted octanol–water partition coefficient (Wildman–Crippen LogP) is 6.30. The van der Waals surface area contributed by atoms with Crippen LogP contribution in [0, 0.1) is 5.82 Å². The van der Waals surface area contributed by atoms with Gasteiger partial charge in [-0.15, -0.1) is 0 Å². The van der Waals surface area contributed by atoms with E-state index in [1.165, 1.54) is 6.07 Å². The van der Waals surface area contributed by atoms with Crippen LogP contribution in [0.25, 0.3) is 0 Å². The fourth-order valence-corrected chi connectivity index (χ4v) is 3.84. The van der Waals surface area contributed by atoms with Crippen molar-refractivity contribution >= 4 is 11.7 Å². The molecule has 2 aromatic carbocycles. The maximum Gasteiger partial charge on any atom is 0.455 e. The summed E-state index contributed by atoms with van der Waals surface area (Å²) in [5, 5.41) is 2.33. The lowest BCUT2D eigenvalue weighted by Gasteiger charge is -2.49. The Bertz CT molecular complexity index is 915. The summed E-state index contributed by atoms with van der Waals surface area (Å²) < 4.78 is 81.4. The van der Waals surface area contributed by atoms with Gasteiger partial charge in [-0.3, -0.25) is 0 Å². The molecule has 1 atom stereocenters. The topological polar surface area (TPSA) is 32.3 Å². The number of urea groups is 1. The molecule has 30 heavy (non-hydrogen) atoms. The van der Waals surface area contributed by atoms with Gasteiger partial charge in [-0.05, 0) is 30.2 Å². The Morgan fingerprint density at radius 3 is 2.30 bits per heavy atom. The molecule has 1 unspecified atom stereocenters. The molecule has 0 aliphatic carbocycles. The molecule has 0 radical (unpaired) electrons. The zero-order valence-electron chi connectivity index (χ0n) is 16.1. The number of carbonyl (C=O) groups is 1. The van der Waals surface area contributed by atoms with E-state index < -0.39 is 36.0 Å². The number of carbonyl (C=O) groups excluding carboxylic acids is 1. The number of amides is 2. The molecular formula is C21H20F6N2O. The highest BCUT2D eigenvalue weighted by molar-refractivity contribution is 5.94. The number of alkyl halides is 5. The van der Waals surface area contributed by atoms with E-state index >= 15 is 0 Å². The van der Waals surface area contributed by atoms with Gasteiger partial charge in [-0.25, -0.2) is 9.18 Å². The van der Waals surface area contributed by atoms with Crippen molar-refractivity contribution in [2.45, 2.75) is 43.8 Å². The Balaban J connectivity index is 2.29. The average molecular weight is 430 g/mol. The molecule has 3 rings (SSSR count). The summed E-state index contributed by atoms with van der Waals surface area (Å²) in [5.74, 6) is -5.84. The summed E-state index contributed by atoms with van der Waals surface area (Å²) in [7, 11) is 0. The van der Waals surface area contributed by atoms with Crippen molar-refractivity contribution < 1.29 is 31.1 Å². The van der Waals surface area contributed by atoms with Crippen molar-refractivity contribution in [3.05, 3.63) is 65.5 Å². The van der Waals surface area contributed by atoms with Gasteiger partial charge in [0.25, 0.3) is 0 Å². The van der Waals surface area contributed by atoms with E-state index in [1.807, 2.05) is 6.92 Å². The largest absolute Gasteiger partial charge is 0.455 e. The van der Waals surface area contributed by atoms with Gasteiger partial charge in [0.2, 0.25) is 0 Å². The molecule has 162 valence electrons. The van der Waals surface area contributed by atoms with Gasteiger partial charge in [0.15, 0.2) is 0 Å². The van der Waals surface area contributed by atoms with Crippen LogP contribution in [-0.2, 0) is 5.54 Å². The van der Waals surface area contributed by atoms with Crippen LogP contribution in [0.4, 0.5) is 36.8 Å². The Morgan fingerprint density at radius 2 is 1.70 bits per heavy atom. The first-order chi connectivity index (χ1) is 14.0. The van der Waals surface area contributed by atoms with E-state index in [4.69, 9.17) is 0 Å². The molecule has 1 aliphatic rings. The number of anilines is 1. The smallest absolute Gasteiger partial charge is 0.307 e. The minimum absolute atomic E-state index is 0.0469. The number of fused-ring (bicyclic) bond motifs is 1. The summed E-state index contributed by atoms with van der Waals surface area (Å²) in [5.41, 5.74) is -1.04. The molecule has 0 saturated heterocycles. The summed E-state index contributed by atoms with van der Waals surface area (Å²) in [6, 6.07) is 10.3. The van der Waals surface area contributed by atoms with Crippen molar-refractivity contribution in [2.75, 3.05) is 11.9 Å². The van der Waals surface area contributed by atoms with Crippen LogP contribution in [0.5, 0.6) is 0 Å². The molecule has 1 aliphatic heterocycles. The van der Waals surface area contributed by atoms with E-state index in [1.54, 1.807) is 30.3 Å². The zero-order valence-corrected chi connectivity index (χ0v) is 16.1. The average Bonchev–Trinajstić information content (AvgIpc) is 2.68. The van der Waals surface area contributed by atoms with Crippen LogP contribution in [0.15, 0.2) is 48.5 Å². The highest BCUT2D eigenvalue weighted by Gasteiger charge is 2.61. The normalized spacial score (nSPS) is 19.4. The Hall–Kier alpha value is -2.71. The minimum Gasteiger partial charge on any atom is -0.307 e. The highest BCUT2D eigenvalue weighted by atomic mass is 19.4. The monoisotopic (exact) mass is 430 g/mol. The summed E-state index contributed by atoms with van der Waals surface area (Å²) in [4.78, 5) is 13.3. The van der Waals surface area contributed by atoms with Crippen LogP contribution in [0.2, 0.25) is 0 Å². The standard InChI is InChI=1S/C21H20F6N2O/c1-2-3-11-19(14-7-5-4-6-8-14)16-12-15(22)9-10-17(16)28-18(30)29(19)13-20(23,24)21(25,26)27/h4-10,12H,2-3,11,13H2,1H3,(H,28,30). The fourth-order valence-electron chi connectivity index (χ4n) is 3.84. The molecule has 0 aromatic heterocycles. The van der Waals surface area contributed by atoms with Gasteiger partial charge in [0, 0.05) is 11.3 Å². The summed E-state index contributed by atoms with van der Waals surface area (Å²) in [6.45, 7) is -0.0698. The fraction of sp³-hybridized carbons (Fsp3) is 0.381. The molecule has 0 bridgehead atoms. The molecule has 1 heterocycles. The number of halogens is 6. The number of hydrogen-bond acceptors (Lipinski definition) is 1. The van der Waals surface area contributed by atoms with E-state index in [0.29, 0.717) is 23.3 Å². The third kappa shape index (κ3) is 3.73. The molecular weight excluding hydrogens is 410 g/mol. The van der Waals surface area contributed by atoms with Crippen LogP contribution in [-0.4, -0.2) is 29.6 Å². The molecule has 0 fully saturated rings. The molecule has 2 aromatic rings. The van der Waals surface area contributed by atoms with Crippen molar-refractivity contribution in [1.29, 1.82) is 0 Å². The van der Waals surface area contributed by atoms with E-state index in [9.17, 15) is 31.1 Å². The van der Waals surface area contributed by atoms with Crippen molar-refractivity contribution in [1.82, 2.24) is 4.90 Å². The predicted molar refractivity (Wildman–Crippen MR) is 99.9 cm³/mol. The van der Waals surface area contributed by atoms with E-state index in [2.05, 4.69) is 5.32 Å². The van der Waals surface area contributed by atoms with E-state index in [-0.39, 0.29) is 17.7 Å². The lowest BCUT2D eigenvalue weighted by Crippen LogP contribution is -2.60. The lowest BCUT2D eigenvalue weighted by molar-refractivity contribution is -0.286. The number of hydrogen-bond donors (Lipinski definition) is 1. The molecule has 9 heteroatoms. The van der Waals surface area contributed by atoms with Crippen LogP contribution >= 0.6 is 0 Å². The number of nitrogens with zero attached hydrogens (tertiary/aromatic N) is 1. The second kappa shape index (κ2) is 7.85. The van der Waals surface area contributed by atoms with Gasteiger partial charge >= 0.3 is 18.1 Å². The van der Waals surface area contributed by atoms with Crippen LogP contribution < -0.4 is 5.32 Å². The van der Waals surface area contributed by atoms with Crippen LogP contribution in [0.1, 0.15) is 37.3 Å².